The summed E-state index contributed by atoms with van der Waals surface area (Å²) in [6.45, 7) is 8.03. The third kappa shape index (κ3) is 5.11. The largest absolute Gasteiger partial charge is 0.346 e. The molecule has 4 rings (SSSR count). The van der Waals surface area contributed by atoms with Gasteiger partial charge in [0.25, 0.3) is 5.91 Å². The van der Waals surface area contributed by atoms with Crippen LogP contribution in [0.3, 0.4) is 0 Å². The van der Waals surface area contributed by atoms with Gasteiger partial charge in [-0.25, -0.2) is 0 Å². The topological polar surface area (TPSA) is 49.4 Å². The van der Waals surface area contributed by atoms with Gasteiger partial charge in [0.2, 0.25) is 5.91 Å². The first-order valence-corrected chi connectivity index (χ1v) is 12.5. The van der Waals surface area contributed by atoms with Crippen molar-refractivity contribution in [2.75, 3.05) is 13.1 Å². The number of nitrogens with one attached hydrogen (secondary N) is 1. The van der Waals surface area contributed by atoms with E-state index in [-0.39, 0.29) is 23.1 Å². The molecular weight excluding hydrogens is 432 g/mol. The molecule has 2 aliphatic rings. The van der Waals surface area contributed by atoms with Crippen molar-refractivity contribution < 1.29 is 9.59 Å². The zero-order valence-electron chi connectivity index (χ0n) is 19.9. The van der Waals surface area contributed by atoms with Gasteiger partial charge in [0.05, 0.1) is 5.92 Å². The molecule has 0 aromatic heterocycles. The monoisotopic (exact) mass is 466 g/mol. The van der Waals surface area contributed by atoms with Crippen molar-refractivity contribution in [3.05, 3.63) is 70.7 Å². The van der Waals surface area contributed by atoms with E-state index in [1.54, 1.807) is 0 Å². The van der Waals surface area contributed by atoms with E-state index in [1.807, 2.05) is 42.5 Å². The summed E-state index contributed by atoms with van der Waals surface area (Å²) in [7, 11) is 0. The van der Waals surface area contributed by atoms with Gasteiger partial charge in [-0.3, -0.25) is 9.59 Å². The molecular formula is C28H35ClN2O2. The Bertz CT molecular complexity index is 989. The third-order valence-corrected chi connectivity index (χ3v) is 8.01. The Kier molecular flexibility index (Phi) is 6.86. The summed E-state index contributed by atoms with van der Waals surface area (Å²) in [6.07, 6.45) is 4.63. The Labute approximate surface area is 202 Å². The Hall–Kier alpha value is -2.33. The predicted octanol–water partition coefficient (Wildman–Crippen LogP) is 6.06. The second-order valence-corrected chi connectivity index (χ2v) is 11.1. The van der Waals surface area contributed by atoms with E-state index < -0.39 is 5.54 Å². The molecule has 0 bridgehead atoms. The zero-order chi connectivity index (χ0) is 23.6. The molecule has 2 fully saturated rings. The van der Waals surface area contributed by atoms with E-state index in [2.05, 4.69) is 43.1 Å². The molecule has 2 amide bonds. The van der Waals surface area contributed by atoms with Gasteiger partial charge in [-0.15, -0.1) is 0 Å². The number of carbonyl (C=O) groups excluding carboxylic acids is 2. The highest BCUT2D eigenvalue weighted by Crippen LogP contribution is 2.44. The molecule has 1 heterocycles. The van der Waals surface area contributed by atoms with Gasteiger partial charge in [0, 0.05) is 29.2 Å². The van der Waals surface area contributed by atoms with Crippen LogP contribution in [0.5, 0.6) is 0 Å². The van der Waals surface area contributed by atoms with Crippen LogP contribution in [-0.4, -0.2) is 35.3 Å². The zero-order valence-corrected chi connectivity index (χ0v) is 20.7. The lowest BCUT2D eigenvalue weighted by molar-refractivity contribution is -0.143. The number of hydrogen-bond donors (Lipinski definition) is 1. The predicted molar refractivity (Wildman–Crippen MR) is 133 cm³/mol. The van der Waals surface area contributed by atoms with E-state index in [1.165, 1.54) is 5.56 Å². The van der Waals surface area contributed by atoms with Crippen LogP contribution in [0.15, 0.2) is 54.6 Å². The van der Waals surface area contributed by atoms with Crippen molar-refractivity contribution in [2.45, 2.75) is 64.3 Å². The first kappa shape index (κ1) is 23.8. The fraction of sp³-hybridized carbons (Fsp3) is 0.500. The number of piperidine rings is 1. The number of likely N-dealkylation sites (tertiary alicyclic amines) is 1. The Morgan fingerprint density at radius 1 is 0.970 bits per heavy atom. The molecule has 2 aromatic carbocycles. The highest BCUT2D eigenvalue weighted by Gasteiger charge is 2.46. The van der Waals surface area contributed by atoms with Crippen LogP contribution in [0.4, 0.5) is 0 Å². The maximum Gasteiger partial charge on any atom is 0.251 e. The summed E-state index contributed by atoms with van der Waals surface area (Å²) in [4.78, 5) is 28.8. The number of nitrogens with zero attached hydrogens (tertiary/aromatic N) is 1. The summed E-state index contributed by atoms with van der Waals surface area (Å²) in [5.74, 6) is 0.281. The minimum atomic E-state index is -0.528. The molecule has 2 aromatic rings. The molecule has 1 aliphatic carbocycles. The number of hydrogen-bond acceptors (Lipinski definition) is 2. The average molecular weight is 467 g/mol. The summed E-state index contributed by atoms with van der Waals surface area (Å²) in [6, 6.07) is 17.4. The van der Waals surface area contributed by atoms with E-state index in [9.17, 15) is 9.59 Å². The van der Waals surface area contributed by atoms with Crippen molar-refractivity contribution in [1.29, 1.82) is 0 Å². The molecule has 4 nitrogen and oxygen atoms in total. The van der Waals surface area contributed by atoms with Gasteiger partial charge in [-0.2, -0.15) is 0 Å². The van der Waals surface area contributed by atoms with Gasteiger partial charge in [-0.05, 0) is 67.3 Å². The SMILES string of the molecule is CC1(C)CN(C(=O)[C@H]2CCCC[C@@]2(C)NC(=O)c2ccccc2)CCC1c1ccc(Cl)cc1. The summed E-state index contributed by atoms with van der Waals surface area (Å²) < 4.78 is 0. The number of benzene rings is 2. The Balaban J connectivity index is 1.49. The van der Waals surface area contributed by atoms with Crippen LogP contribution < -0.4 is 5.32 Å². The molecule has 1 saturated heterocycles. The molecule has 0 radical (unpaired) electrons. The van der Waals surface area contributed by atoms with Crippen molar-refractivity contribution >= 4 is 23.4 Å². The quantitative estimate of drug-likeness (QED) is 0.595. The van der Waals surface area contributed by atoms with Crippen LogP contribution in [0, 0.1) is 11.3 Å². The highest BCUT2D eigenvalue weighted by atomic mass is 35.5. The van der Waals surface area contributed by atoms with Crippen molar-refractivity contribution in [3.63, 3.8) is 0 Å². The van der Waals surface area contributed by atoms with E-state index in [4.69, 9.17) is 11.6 Å². The van der Waals surface area contributed by atoms with Gasteiger partial charge < -0.3 is 10.2 Å². The lowest BCUT2D eigenvalue weighted by Gasteiger charge is -2.48. The summed E-state index contributed by atoms with van der Waals surface area (Å²) >= 11 is 6.09. The van der Waals surface area contributed by atoms with Crippen LogP contribution in [-0.2, 0) is 4.79 Å². The molecule has 3 atom stereocenters. The number of amides is 2. The molecule has 5 heteroatoms. The molecule has 33 heavy (non-hydrogen) atoms. The summed E-state index contributed by atoms with van der Waals surface area (Å²) in [5.41, 5.74) is 1.36. The van der Waals surface area contributed by atoms with Gasteiger partial charge in [-0.1, -0.05) is 68.6 Å². The fourth-order valence-electron chi connectivity index (χ4n) is 5.88. The lowest BCUT2D eigenvalue weighted by atomic mass is 9.69. The number of rotatable bonds is 4. The summed E-state index contributed by atoms with van der Waals surface area (Å²) in [5, 5.41) is 3.99. The second kappa shape index (κ2) is 9.50. The maximum atomic E-state index is 13.8. The van der Waals surface area contributed by atoms with Gasteiger partial charge >= 0.3 is 0 Å². The molecule has 1 unspecified atom stereocenters. The molecule has 1 aliphatic heterocycles. The average Bonchev–Trinajstić information content (AvgIpc) is 2.79. The molecule has 176 valence electrons. The standard InChI is InChI=1S/C28H35ClN2O2/c1-27(2)19-31(18-16-23(27)20-12-14-22(29)15-13-20)26(33)24-11-7-8-17-28(24,3)30-25(32)21-9-5-4-6-10-21/h4-6,9-10,12-15,23-24H,7-8,11,16-19H2,1-3H3,(H,30,32)/t23?,24-,28-/m1/s1. The normalized spacial score (nSPS) is 27.1. The minimum absolute atomic E-state index is 0.0416. The van der Waals surface area contributed by atoms with E-state index in [0.29, 0.717) is 11.5 Å². The molecule has 1 N–H and O–H groups in total. The van der Waals surface area contributed by atoms with Crippen molar-refractivity contribution in [2.24, 2.45) is 11.3 Å². The van der Waals surface area contributed by atoms with Crippen LogP contribution >= 0.6 is 11.6 Å². The first-order chi connectivity index (χ1) is 15.7. The van der Waals surface area contributed by atoms with Crippen molar-refractivity contribution in [3.8, 4) is 0 Å². The number of halogens is 1. The first-order valence-electron chi connectivity index (χ1n) is 12.1. The lowest BCUT2D eigenvalue weighted by Crippen LogP contribution is -2.59. The van der Waals surface area contributed by atoms with Crippen molar-refractivity contribution in [1.82, 2.24) is 10.2 Å². The van der Waals surface area contributed by atoms with Gasteiger partial charge in [0.1, 0.15) is 0 Å². The van der Waals surface area contributed by atoms with Crippen LogP contribution in [0.1, 0.15) is 74.7 Å². The Morgan fingerprint density at radius 3 is 2.33 bits per heavy atom. The second-order valence-electron chi connectivity index (χ2n) is 10.7. The van der Waals surface area contributed by atoms with Gasteiger partial charge in [0.15, 0.2) is 0 Å². The number of carbonyl (C=O) groups is 2. The van der Waals surface area contributed by atoms with E-state index >= 15 is 0 Å². The van der Waals surface area contributed by atoms with Crippen LogP contribution in [0.25, 0.3) is 0 Å². The molecule has 0 spiro atoms. The fourth-order valence-corrected chi connectivity index (χ4v) is 6.00. The smallest absolute Gasteiger partial charge is 0.251 e. The van der Waals surface area contributed by atoms with Crippen LogP contribution in [0.2, 0.25) is 5.02 Å². The molecule has 1 saturated carbocycles. The minimum Gasteiger partial charge on any atom is -0.346 e. The Morgan fingerprint density at radius 2 is 1.67 bits per heavy atom. The maximum absolute atomic E-state index is 13.8. The van der Waals surface area contributed by atoms with E-state index in [0.717, 1.165) is 50.2 Å². The third-order valence-electron chi connectivity index (χ3n) is 7.75. The highest BCUT2D eigenvalue weighted by molar-refractivity contribution is 6.30.